The molecule has 122 valence electrons. The van der Waals surface area contributed by atoms with Gasteiger partial charge in [-0.25, -0.2) is 0 Å². The summed E-state index contributed by atoms with van der Waals surface area (Å²) in [5.74, 6) is 0.626. The third-order valence-corrected chi connectivity index (χ3v) is 4.78. The average Bonchev–Trinajstić information content (AvgIpc) is 2.84. The van der Waals surface area contributed by atoms with Crippen molar-refractivity contribution in [2.45, 2.75) is 6.04 Å². The quantitative estimate of drug-likeness (QED) is 0.823. The smallest absolute Gasteiger partial charge is 0.289 e. The van der Waals surface area contributed by atoms with Gasteiger partial charge in [-0.15, -0.1) is 0 Å². The Hall–Kier alpha value is -2.22. The zero-order chi connectivity index (χ0) is 16.6. The molecule has 2 aliphatic heterocycles. The molecule has 0 aromatic heterocycles. The Morgan fingerprint density at radius 1 is 1.17 bits per heavy atom. The number of hydrogen-bond donors (Lipinski definition) is 0. The van der Waals surface area contributed by atoms with Crippen LogP contribution < -0.4 is 9.47 Å². The van der Waals surface area contributed by atoms with E-state index in [4.69, 9.17) is 9.47 Å². The van der Waals surface area contributed by atoms with Crippen LogP contribution in [0.1, 0.15) is 10.4 Å². The van der Waals surface area contributed by atoms with Crippen molar-refractivity contribution in [2.24, 2.45) is 0 Å². The van der Waals surface area contributed by atoms with Crippen LogP contribution in [0.5, 0.6) is 11.5 Å². The number of nitrogens with zero attached hydrogens (tertiary/aromatic N) is 2. The molecule has 23 heavy (non-hydrogen) atoms. The van der Waals surface area contributed by atoms with Crippen LogP contribution in [0.25, 0.3) is 0 Å². The van der Waals surface area contributed by atoms with Crippen molar-refractivity contribution >= 4 is 28.8 Å². The van der Waals surface area contributed by atoms with Crippen LogP contribution in [0.15, 0.2) is 18.2 Å². The molecule has 2 fully saturated rings. The standard InChI is InChI=1S/C15H16N2O5S/c1-21-10-4-3-5-11(22-2)13(10)14(19)16-6-9(7-16)17-12(18)8-23-15(17)20/h3-5,9H,6-8H2,1-2H3. The molecule has 0 N–H and O–H groups in total. The molecule has 2 aliphatic rings. The summed E-state index contributed by atoms with van der Waals surface area (Å²) in [4.78, 5) is 38.9. The van der Waals surface area contributed by atoms with E-state index < -0.39 is 0 Å². The van der Waals surface area contributed by atoms with E-state index in [1.54, 1.807) is 23.1 Å². The van der Waals surface area contributed by atoms with E-state index in [0.29, 0.717) is 30.2 Å². The number of hydrogen-bond acceptors (Lipinski definition) is 6. The molecule has 1 aromatic carbocycles. The van der Waals surface area contributed by atoms with Gasteiger partial charge in [-0.3, -0.25) is 19.3 Å². The van der Waals surface area contributed by atoms with Crippen molar-refractivity contribution < 1.29 is 23.9 Å². The zero-order valence-corrected chi connectivity index (χ0v) is 13.6. The molecule has 3 amide bonds. The third-order valence-electron chi connectivity index (χ3n) is 3.94. The van der Waals surface area contributed by atoms with E-state index in [1.807, 2.05) is 0 Å². The number of thioether (sulfide) groups is 1. The summed E-state index contributed by atoms with van der Waals surface area (Å²) in [6.45, 7) is 0.663. The highest BCUT2D eigenvalue weighted by atomic mass is 32.2. The number of rotatable bonds is 4. The summed E-state index contributed by atoms with van der Waals surface area (Å²) in [5.41, 5.74) is 0.351. The number of carbonyl (C=O) groups excluding carboxylic acids is 3. The average molecular weight is 336 g/mol. The summed E-state index contributed by atoms with van der Waals surface area (Å²) < 4.78 is 10.5. The summed E-state index contributed by atoms with van der Waals surface area (Å²) in [6.07, 6.45) is 0. The van der Waals surface area contributed by atoms with E-state index >= 15 is 0 Å². The topological polar surface area (TPSA) is 76.2 Å². The number of methoxy groups -OCH3 is 2. The second kappa shape index (κ2) is 6.11. The summed E-state index contributed by atoms with van der Waals surface area (Å²) in [6, 6.07) is 4.88. The van der Waals surface area contributed by atoms with Crippen LogP contribution >= 0.6 is 11.8 Å². The van der Waals surface area contributed by atoms with Gasteiger partial charge in [0.1, 0.15) is 17.1 Å². The Labute approximate surface area is 137 Å². The second-order valence-corrected chi connectivity index (χ2v) is 6.15. The SMILES string of the molecule is COc1cccc(OC)c1C(=O)N1CC(N2C(=O)CSC2=O)C1. The van der Waals surface area contributed by atoms with Crippen molar-refractivity contribution in [3.8, 4) is 11.5 Å². The molecule has 2 heterocycles. The highest BCUT2D eigenvalue weighted by molar-refractivity contribution is 8.14. The third kappa shape index (κ3) is 2.63. The predicted octanol–water partition coefficient (Wildman–Crippen LogP) is 1.22. The minimum atomic E-state index is -0.241. The molecular weight excluding hydrogens is 320 g/mol. The lowest BCUT2D eigenvalue weighted by Crippen LogP contribution is -2.62. The first-order valence-electron chi connectivity index (χ1n) is 7.06. The highest BCUT2D eigenvalue weighted by Gasteiger charge is 2.44. The van der Waals surface area contributed by atoms with Gasteiger partial charge in [0, 0.05) is 13.1 Å². The molecule has 8 heteroatoms. The fourth-order valence-corrected chi connectivity index (χ4v) is 3.50. The van der Waals surface area contributed by atoms with Crippen LogP contribution in [0.3, 0.4) is 0 Å². The van der Waals surface area contributed by atoms with E-state index in [-0.39, 0.29) is 28.8 Å². The van der Waals surface area contributed by atoms with E-state index in [1.165, 1.54) is 19.1 Å². The van der Waals surface area contributed by atoms with Gasteiger partial charge in [0.15, 0.2) is 0 Å². The van der Waals surface area contributed by atoms with Crippen LogP contribution in [0.2, 0.25) is 0 Å². The molecule has 0 radical (unpaired) electrons. The maximum Gasteiger partial charge on any atom is 0.289 e. The van der Waals surface area contributed by atoms with Gasteiger partial charge >= 0.3 is 0 Å². The minimum absolute atomic E-state index is 0.184. The molecule has 0 aliphatic carbocycles. The summed E-state index contributed by atoms with van der Waals surface area (Å²) in [5, 5.41) is -0.234. The first-order valence-corrected chi connectivity index (χ1v) is 8.04. The predicted molar refractivity (Wildman–Crippen MR) is 83.9 cm³/mol. The lowest BCUT2D eigenvalue weighted by atomic mass is 10.0. The van der Waals surface area contributed by atoms with Gasteiger partial charge in [-0.05, 0) is 12.1 Å². The molecule has 3 rings (SSSR count). The van der Waals surface area contributed by atoms with E-state index in [2.05, 4.69) is 0 Å². The maximum absolute atomic E-state index is 12.7. The Morgan fingerprint density at radius 2 is 1.78 bits per heavy atom. The van der Waals surface area contributed by atoms with Crippen LogP contribution in [0, 0.1) is 0 Å². The minimum Gasteiger partial charge on any atom is -0.496 e. The lowest BCUT2D eigenvalue weighted by Gasteiger charge is -2.42. The Balaban J connectivity index is 1.74. The van der Waals surface area contributed by atoms with Crippen molar-refractivity contribution in [1.82, 2.24) is 9.80 Å². The molecule has 7 nitrogen and oxygen atoms in total. The number of amides is 3. The van der Waals surface area contributed by atoms with Crippen molar-refractivity contribution in [3.63, 3.8) is 0 Å². The maximum atomic E-state index is 12.7. The van der Waals surface area contributed by atoms with Gasteiger partial charge in [0.2, 0.25) is 5.91 Å². The van der Waals surface area contributed by atoms with Crippen molar-refractivity contribution in [3.05, 3.63) is 23.8 Å². The van der Waals surface area contributed by atoms with Gasteiger partial charge < -0.3 is 14.4 Å². The molecule has 0 unspecified atom stereocenters. The molecule has 0 bridgehead atoms. The number of imide groups is 1. The Kier molecular flexibility index (Phi) is 4.16. The number of likely N-dealkylation sites (tertiary alicyclic amines) is 1. The fourth-order valence-electron chi connectivity index (χ4n) is 2.72. The van der Waals surface area contributed by atoms with Gasteiger partial charge in [-0.1, -0.05) is 17.8 Å². The molecule has 0 saturated carbocycles. The number of ether oxygens (including phenoxy) is 2. The van der Waals surface area contributed by atoms with Gasteiger partial charge in [0.05, 0.1) is 26.0 Å². The van der Waals surface area contributed by atoms with Gasteiger partial charge in [-0.2, -0.15) is 0 Å². The van der Waals surface area contributed by atoms with E-state index in [0.717, 1.165) is 11.8 Å². The largest absolute Gasteiger partial charge is 0.496 e. The normalized spacial score (nSPS) is 18.2. The molecule has 0 atom stereocenters. The summed E-state index contributed by atoms with van der Waals surface area (Å²) in [7, 11) is 2.98. The highest BCUT2D eigenvalue weighted by Crippen LogP contribution is 2.32. The second-order valence-electron chi connectivity index (χ2n) is 5.22. The molecule has 0 spiro atoms. The van der Waals surface area contributed by atoms with Gasteiger partial charge in [0.25, 0.3) is 11.1 Å². The first kappa shape index (κ1) is 15.7. The monoisotopic (exact) mass is 336 g/mol. The molecule has 2 saturated heterocycles. The van der Waals surface area contributed by atoms with Crippen molar-refractivity contribution in [1.29, 1.82) is 0 Å². The Bertz CT molecular complexity index is 634. The van der Waals surface area contributed by atoms with E-state index in [9.17, 15) is 14.4 Å². The summed E-state index contributed by atoms with van der Waals surface area (Å²) >= 11 is 1.00. The Morgan fingerprint density at radius 3 is 2.26 bits per heavy atom. The molecular formula is C15H16N2O5S. The molecule has 1 aromatic rings. The first-order chi connectivity index (χ1) is 11.1. The zero-order valence-electron chi connectivity index (χ0n) is 12.8. The number of carbonyl (C=O) groups is 3. The van der Waals surface area contributed by atoms with Crippen LogP contribution in [-0.2, 0) is 4.79 Å². The van der Waals surface area contributed by atoms with Crippen molar-refractivity contribution in [2.75, 3.05) is 33.1 Å². The number of benzene rings is 1. The lowest BCUT2D eigenvalue weighted by molar-refractivity contribution is -0.128. The fraction of sp³-hybridized carbons (Fsp3) is 0.400. The van der Waals surface area contributed by atoms with Crippen LogP contribution in [0.4, 0.5) is 4.79 Å². The van der Waals surface area contributed by atoms with Crippen LogP contribution in [-0.4, -0.2) is 66.0 Å².